The minimum Gasteiger partial charge on any atom is -0.386 e. The number of amides is 1. The number of hydrogen-bond donors (Lipinski definition) is 1. The van der Waals surface area contributed by atoms with Crippen molar-refractivity contribution in [2.75, 3.05) is 5.32 Å². The molecule has 170 valence electrons. The van der Waals surface area contributed by atoms with Crippen molar-refractivity contribution < 1.29 is 22.4 Å². The molecule has 0 spiro atoms. The Morgan fingerprint density at radius 1 is 1.12 bits per heavy atom. The molecular formula is C21H17F3N6O3. The number of halogens is 3. The standard InChI is InChI=1S/C21H17F3N6O3/c1-3-12-4-6-13(7-5-12)18(31)26-17-9-8-14(11-25-17)30-16(21(22,23)24)10-15(27-30)19-28-29(2)20(32)33-19/h4-11H,3H2,1-2H3,(H,25,26,31). The van der Waals surface area contributed by atoms with Crippen LogP contribution in [0.3, 0.4) is 0 Å². The zero-order valence-corrected chi connectivity index (χ0v) is 17.4. The van der Waals surface area contributed by atoms with Crippen molar-refractivity contribution in [3.8, 4) is 17.3 Å². The lowest BCUT2D eigenvalue weighted by Crippen LogP contribution is -2.15. The van der Waals surface area contributed by atoms with Gasteiger partial charge in [-0.1, -0.05) is 19.1 Å². The van der Waals surface area contributed by atoms with Crippen LogP contribution in [0.2, 0.25) is 0 Å². The number of aryl methyl sites for hydroxylation is 2. The summed E-state index contributed by atoms with van der Waals surface area (Å²) in [6, 6.07) is 10.4. The molecule has 1 aromatic carbocycles. The van der Waals surface area contributed by atoms with E-state index in [4.69, 9.17) is 4.42 Å². The average molecular weight is 458 g/mol. The first-order valence-corrected chi connectivity index (χ1v) is 9.74. The molecule has 4 rings (SSSR count). The van der Waals surface area contributed by atoms with E-state index in [0.29, 0.717) is 10.2 Å². The first-order chi connectivity index (χ1) is 15.7. The van der Waals surface area contributed by atoms with Gasteiger partial charge in [-0.25, -0.2) is 14.5 Å². The number of anilines is 1. The first-order valence-electron chi connectivity index (χ1n) is 9.74. The highest BCUT2D eigenvalue weighted by Gasteiger charge is 2.37. The number of pyridine rings is 1. The van der Waals surface area contributed by atoms with Gasteiger partial charge in [0, 0.05) is 18.7 Å². The summed E-state index contributed by atoms with van der Waals surface area (Å²) in [5.41, 5.74) is 0.106. The highest BCUT2D eigenvalue weighted by Crippen LogP contribution is 2.33. The van der Waals surface area contributed by atoms with E-state index in [1.54, 1.807) is 12.1 Å². The number of carbonyl (C=O) groups is 1. The molecule has 0 aliphatic carbocycles. The predicted molar refractivity (Wildman–Crippen MR) is 111 cm³/mol. The van der Waals surface area contributed by atoms with Gasteiger partial charge in [0.25, 0.3) is 11.8 Å². The maximum absolute atomic E-state index is 13.6. The normalized spacial score (nSPS) is 11.5. The smallest absolute Gasteiger partial charge is 0.386 e. The van der Waals surface area contributed by atoms with Gasteiger partial charge in [0.05, 0.1) is 11.9 Å². The van der Waals surface area contributed by atoms with Crippen LogP contribution in [0.15, 0.2) is 57.9 Å². The lowest BCUT2D eigenvalue weighted by molar-refractivity contribution is -0.142. The Hall–Kier alpha value is -4.22. The molecule has 0 saturated carbocycles. The number of nitrogens with zero attached hydrogens (tertiary/aromatic N) is 5. The summed E-state index contributed by atoms with van der Waals surface area (Å²) in [5, 5.41) is 10.2. The molecule has 0 aliphatic rings. The maximum atomic E-state index is 13.6. The third-order valence-electron chi connectivity index (χ3n) is 4.77. The van der Waals surface area contributed by atoms with Crippen LogP contribution >= 0.6 is 0 Å². The predicted octanol–water partition coefficient (Wildman–Crippen LogP) is 3.45. The number of alkyl halides is 3. The third-order valence-corrected chi connectivity index (χ3v) is 4.77. The van der Waals surface area contributed by atoms with E-state index in [2.05, 4.69) is 20.5 Å². The quantitative estimate of drug-likeness (QED) is 0.491. The minimum atomic E-state index is -4.75. The number of benzene rings is 1. The summed E-state index contributed by atoms with van der Waals surface area (Å²) in [5.74, 6) is -1.43. The molecule has 1 amide bonds. The molecule has 0 atom stereocenters. The molecule has 0 radical (unpaired) electrons. The van der Waals surface area contributed by atoms with E-state index >= 15 is 0 Å². The Morgan fingerprint density at radius 3 is 2.39 bits per heavy atom. The van der Waals surface area contributed by atoms with Crippen molar-refractivity contribution in [3.05, 3.63) is 76.0 Å². The van der Waals surface area contributed by atoms with E-state index < -0.39 is 23.5 Å². The number of carbonyl (C=O) groups excluding carboxylic acids is 1. The van der Waals surface area contributed by atoms with E-state index in [1.807, 2.05) is 19.1 Å². The van der Waals surface area contributed by atoms with Gasteiger partial charge in [0.1, 0.15) is 11.5 Å². The van der Waals surface area contributed by atoms with Crippen LogP contribution in [-0.4, -0.2) is 30.5 Å². The molecule has 0 saturated heterocycles. The SMILES string of the molecule is CCc1ccc(C(=O)Nc2ccc(-n3nc(-c4nn(C)c(=O)o4)cc3C(F)(F)F)cn2)cc1. The van der Waals surface area contributed by atoms with Gasteiger partial charge < -0.3 is 9.73 Å². The van der Waals surface area contributed by atoms with Crippen LogP contribution in [0.1, 0.15) is 28.5 Å². The van der Waals surface area contributed by atoms with Crippen molar-refractivity contribution in [2.45, 2.75) is 19.5 Å². The summed E-state index contributed by atoms with van der Waals surface area (Å²) < 4.78 is 47.0. The molecule has 0 bridgehead atoms. The van der Waals surface area contributed by atoms with E-state index in [-0.39, 0.29) is 23.1 Å². The molecule has 0 fully saturated rings. The lowest BCUT2D eigenvalue weighted by Gasteiger charge is -2.10. The van der Waals surface area contributed by atoms with Crippen LogP contribution in [0.4, 0.5) is 19.0 Å². The first kappa shape index (κ1) is 22.0. The second-order valence-corrected chi connectivity index (χ2v) is 7.03. The number of hydrogen-bond acceptors (Lipinski definition) is 6. The van der Waals surface area contributed by atoms with Crippen molar-refractivity contribution in [1.82, 2.24) is 24.5 Å². The molecule has 3 heterocycles. The van der Waals surface area contributed by atoms with Gasteiger partial charge >= 0.3 is 11.9 Å². The fourth-order valence-electron chi connectivity index (χ4n) is 3.00. The van der Waals surface area contributed by atoms with Crippen LogP contribution < -0.4 is 11.1 Å². The van der Waals surface area contributed by atoms with Crippen LogP contribution in [0, 0.1) is 0 Å². The summed E-state index contributed by atoms with van der Waals surface area (Å²) in [4.78, 5) is 27.9. The topological polar surface area (TPSA) is 108 Å². The molecule has 33 heavy (non-hydrogen) atoms. The zero-order valence-electron chi connectivity index (χ0n) is 17.4. The van der Waals surface area contributed by atoms with Gasteiger partial charge in [-0.2, -0.15) is 23.0 Å². The summed E-state index contributed by atoms with van der Waals surface area (Å²) in [7, 11) is 1.30. The van der Waals surface area contributed by atoms with Crippen molar-refractivity contribution >= 4 is 11.7 Å². The van der Waals surface area contributed by atoms with Gasteiger partial charge in [-0.3, -0.25) is 4.79 Å². The van der Waals surface area contributed by atoms with E-state index in [1.165, 1.54) is 19.2 Å². The van der Waals surface area contributed by atoms with Crippen LogP contribution in [0.25, 0.3) is 17.3 Å². The van der Waals surface area contributed by atoms with Crippen LogP contribution in [-0.2, 0) is 19.6 Å². The molecule has 0 aliphatic heterocycles. The Bertz CT molecular complexity index is 1350. The van der Waals surface area contributed by atoms with E-state index in [0.717, 1.165) is 28.9 Å². The molecule has 9 nitrogen and oxygen atoms in total. The van der Waals surface area contributed by atoms with Crippen molar-refractivity contribution in [2.24, 2.45) is 7.05 Å². The maximum Gasteiger partial charge on any atom is 0.437 e. The van der Waals surface area contributed by atoms with E-state index in [9.17, 15) is 22.8 Å². The second kappa shape index (κ2) is 8.37. The molecule has 0 unspecified atom stereocenters. The van der Waals surface area contributed by atoms with Crippen LogP contribution in [0.5, 0.6) is 0 Å². The third kappa shape index (κ3) is 4.54. The molecule has 1 N–H and O–H groups in total. The largest absolute Gasteiger partial charge is 0.437 e. The molecular weight excluding hydrogens is 441 g/mol. The zero-order chi connectivity index (χ0) is 23.8. The van der Waals surface area contributed by atoms with Crippen molar-refractivity contribution in [1.29, 1.82) is 0 Å². The Balaban J connectivity index is 1.61. The Kier molecular flexibility index (Phi) is 5.58. The number of rotatable bonds is 5. The minimum absolute atomic E-state index is 0.0165. The highest BCUT2D eigenvalue weighted by atomic mass is 19.4. The Morgan fingerprint density at radius 2 is 1.85 bits per heavy atom. The number of nitrogens with one attached hydrogen (secondary N) is 1. The number of aromatic nitrogens is 5. The van der Waals surface area contributed by atoms with Gasteiger partial charge in [-0.15, -0.1) is 5.10 Å². The lowest BCUT2D eigenvalue weighted by atomic mass is 10.1. The fourth-order valence-corrected chi connectivity index (χ4v) is 3.00. The van der Waals surface area contributed by atoms with Gasteiger partial charge in [-0.05, 0) is 36.2 Å². The van der Waals surface area contributed by atoms with Crippen molar-refractivity contribution in [3.63, 3.8) is 0 Å². The fraction of sp³-hybridized carbons (Fsp3) is 0.190. The Labute approximate surface area is 184 Å². The molecule has 4 aromatic rings. The summed E-state index contributed by atoms with van der Waals surface area (Å²) in [6.45, 7) is 2.00. The summed E-state index contributed by atoms with van der Waals surface area (Å²) in [6.07, 6.45) is -2.78. The molecule has 12 heteroatoms. The van der Waals surface area contributed by atoms with Gasteiger partial charge in [0.15, 0.2) is 5.69 Å². The van der Waals surface area contributed by atoms with Gasteiger partial charge in [0.2, 0.25) is 0 Å². The highest BCUT2D eigenvalue weighted by molar-refractivity contribution is 6.03. The monoisotopic (exact) mass is 458 g/mol. The molecule has 3 aromatic heterocycles. The average Bonchev–Trinajstić information content (AvgIpc) is 3.38. The second-order valence-electron chi connectivity index (χ2n) is 7.03. The summed E-state index contributed by atoms with van der Waals surface area (Å²) >= 11 is 0.